The van der Waals surface area contributed by atoms with Gasteiger partial charge in [0.25, 0.3) is 5.91 Å². The van der Waals surface area contributed by atoms with Crippen LogP contribution in [0.5, 0.6) is 5.75 Å². The monoisotopic (exact) mass is 303 g/mol. The Morgan fingerprint density at radius 3 is 2.41 bits per heavy atom. The number of nitrogens with zero attached hydrogens (tertiary/aromatic N) is 1. The van der Waals surface area contributed by atoms with E-state index >= 15 is 0 Å². The van der Waals surface area contributed by atoms with Crippen molar-refractivity contribution in [1.29, 1.82) is 0 Å². The molecule has 4 heteroatoms. The maximum atomic E-state index is 12.2. The quantitative estimate of drug-likeness (QED) is 0.658. The third-order valence-corrected chi connectivity index (χ3v) is 3.88. The largest absolute Gasteiger partial charge is 0.484 e. The maximum absolute atomic E-state index is 12.2. The van der Waals surface area contributed by atoms with Crippen molar-refractivity contribution in [2.75, 3.05) is 19.7 Å². The molecule has 2 rings (SSSR count). The second-order valence-corrected chi connectivity index (χ2v) is 5.87. The summed E-state index contributed by atoms with van der Waals surface area (Å²) in [7, 11) is 0. The minimum absolute atomic E-state index is 0.0439. The zero-order valence-electron chi connectivity index (χ0n) is 13.5. The summed E-state index contributed by atoms with van der Waals surface area (Å²) in [6, 6.07) is 7.00. The first-order valence-electron chi connectivity index (χ1n) is 8.17. The van der Waals surface area contributed by atoms with E-state index in [1.807, 2.05) is 11.8 Å². The highest BCUT2D eigenvalue weighted by Crippen LogP contribution is 2.29. The molecule has 1 aromatic rings. The van der Waals surface area contributed by atoms with Gasteiger partial charge in [-0.25, -0.2) is 0 Å². The lowest BCUT2D eigenvalue weighted by atomic mass is 10.1. The average Bonchev–Trinajstić information content (AvgIpc) is 3.36. The second-order valence-electron chi connectivity index (χ2n) is 5.87. The zero-order chi connectivity index (χ0) is 15.9. The van der Waals surface area contributed by atoms with Gasteiger partial charge in [-0.3, -0.25) is 9.59 Å². The van der Waals surface area contributed by atoms with Crippen molar-refractivity contribution in [1.82, 2.24) is 4.90 Å². The van der Waals surface area contributed by atoms with Gasteiger partial charge in [0.2, 0.25) is 0 Å². The van der Waals surface area contributed by atoms with E-state index in [2.05, 4.69) is 6.92 Å². The number of hydrogen-bond donors (Lipinski definition) is 0. The van der Waals surface area contributed by atoms with Gasteiger partial charge >= 0.3 is 0 Å². The first-order chi connectivity index (χ1) is 10.6. The summed E-state index contributed by atoms with van der Waals surface area (Å²) < 4.78 is 5.56. The van der Waals surface area contributed by atoms with Gasteiger partial charge in [-0.2, -0.15) is 0 Å². The molecule has 0 atom stereocenters. The van der Waals surface area contributed by atoms with E-state index in [9.17, 15) is 9.59 Å². The first kappa shape index (κ1) is 16.5. The van der Waals surface area contributed by atoms with Crippen LogP contribution in [0.15, 0.2) is 24.3 Å². The third kappa shape index (κ3) is 4.86. The van der Waals surface area contributed by atoms with Crippen LogP contribution in [0.25, 0.3) is 0 Å². The Morgan fingerprint density at radius 2 is 1.86 bits per heavy atom. The molecule has 0 aliphatic heterocycles. The summed E-state index contributed by atoms with van der Waals surface area (Å²) in [6.07, 6.45) is 3.93. The van der Waals surface area contributed by atoms with Crippen molar-refractivity contribution in [2.45, 2.75) is 39.5 Å². The van der Waals surface area contributed by atoms with Gasteiger partial charge in [0.15, 0.2) is 12.4 Å². The zero-order valence-corrected chi connectivity index (χ0v) is 13.5. The highest BCUT2D eigenvalue weighted by Gasteiger charge is 2.26. The summed E-state index contributed by atoms with van der Waals surface area (Å²) in [5, 5.41) is 0. The van der Waals surface area contributed by atoms with Crippen molar-refractivity contribution >= 4 is 11.7 Å². The Hall–Kier alpha value is -1.84. The molecular weight excluding hydrogens is 278 g/mol. The summed E-state index contributed by atoms with van der Waals surface area (Å²) >= 11 is 0. The topological polar surface area (TPSA) is 46.6 Å². The van der Waals surface area contributed by atoms with Crippen LogP contribution in [0.4, 0.5) is 0 Å². The van der Waals surface area contributed by atoms with Crippen molar-refractivity contribution in [3.8, 4) is 5.75 Å². The first-order valence-corrected chi connectivity index (χ1v) is 8.17. The molecule has 0 unspecified atom stereocenters. The molecule has 1 aromatic carbocycles. The lowest BCUT2D eigenvalue weighted by molar-refractivity contribution is -0.133. The van der Waals surface area contributed by atoms with Crippen molar-refractivity contribution < 1.29 is 14.3 Å². The van der Waals surface area contributed by atoms with Crippen LogP contribution < -0.4 is 4.74 Å². The van der Waals surface area contributed by atoms with Crippen LogP contribution in [0, 0.1) is 5.92 Å². The van der Waals surface area contributed by atoms with E-state index in [4.69, 9.17) is 4.74 Å². The standard InChI is InChI=1S/C18H25NO3/c1-3-11-19(12-14-5-6-14)18(21)13-22-16-9-7-15(8-10-16)17(20)4-2/h7-10,14H,3-6,11-13H2,1-2H3. The smallest absolute Gasteiger partial charge is 0.260 e. The summed E-state index contributed by atoms with van der Waals surface area (Å²) in [5.74, 6) is 1.47. The molecule has 1 fully saturated rings. The average molecular weight is 303 g/mol. The van der Waals surface area contributed by atoms with Crippen LogP contribution >= 0.6 is 0 Å². The minimum Gasteiger partial charge on any atom is -0.484 e. The molecule has 0 aromatic heterocycles. The summed E-state index contributed by atoms with van der Waals surface area (Å²) in [5.41, 5.74) is 0.683. The molecular formula is C18H25NO3. The number of carbonyl (C=O) groups excluding carboxylic acids is 2. The second kappa shape index (κ2) is 7.97. The Kier molecular flexibility index (Phi) is 5.99. The van der Waals surface area contributed by atoms with Crippen molar-refractivity contribution in [2.24, 2.45) is 5.92 Å². The van der Waals surface area contributed by atoms with Gasteiger partial charge in [0.05, 0.1) is 0 Å². The molecule has 22 heavy (non-hydrogen) atoms. The van der Waals surface area contributed by atoms with Gasteiger partial charge in [0.1, 0.15) is 5.75 Å². The molecule has 120 valence electrons. The van der Waals surface area contributed by atoms with Crippen molar-refractivity contribution in [3.05, 3.63) is 29.8 Å². The number of ketones is 1. The van der Waals surface area contributed by atoms with Crippen LogP contribution in [0.2, 0.25) is 0 Å². The highest BCUT2D eigenvalue weighted by molar-refractivity contribution is 5.95. The van der Waals surface area contributed by atoms with Gasteiger partial charge in [-0.05, 0) is 49.4 Å². The maximum Gasteiger partial charge on any atom is 0.260 e. The lowest BCUT2D eigenvalue weighted by Crippen LogP contribution is -2.37. The predicted octanol–water partition coefficient (Wildman–Crippen LogP) is 3.31. The number of hydrogen-bond acceptors (Lipinski definition) is 3. The molecule has 0 bridgehead atoms. The SMILES string of the molecule is CCCN(CC1CC1)C(=O)COc1ccc(C(=O)CC)cc1. The molecule has 1 saturated carbocycles. The van der Waals surface area contributed by atoms with E-state index in [0.717, 1.165) is 19.5 Å². The Bertz CT molecular complexity index is 506. The molecule has 1 aliphatic rings. The number of Topliss-reactive ketones (excluding diaryl/α,β-unsaturated/α-hetero) is 1. The molecule has 1 amide bonds. The number of amides is 1. The van der Waals surface area contributed by atoms with Crippen LogP contribution in [0.3, 0.4) is 0 Å². The molecule has 0 heterocycles. The van der Waals surface area contributed by atoms with E-state index < -0.39 is 0 Å². The molecule has 0 saturated heterocycles. The minimum atomic E-state index is 0.0439. The fourth-order valence-corrected chi connectivity index (χ4v) is 2.38. The number of benzene rings is 1. The summed E-state index contributed by atoms with van der Waals surface area (Å²) in [4.78, 5) is 25.7. The van der Waals surface area contributed by atoms with E-state index in [0.29, 0.717) is 23.7 Å². The van der Waals surface area contributed by atoms with E-state index in [1.54, 1.807) is 24.3 Å². The fraction of sp³-hybridized carbons (Fsp3) is 0.556. The van der Waals surface area contributed by atoms with Crippen LogP contribution in [-0.4, -0.2) is 36.3 Å². The molecule has 1 aliphatic carbocycles. The number of ether oxygens (including phenoxy) is 1. The predicted molar refractivity (Wildman–Crippen MR) is 86.2 cm³/mol. The van der Waals surface area contributed by atoms with Crippen LogP contribution in [0.1, 0.15) is 49.9 Å². The molecule has 0 radical (unpaired) electrons. The van der Waals surface area contributed by atoms with Crippen molar-refractivity contribution in [3.63, 3.8) is 0 Å². The number of rotatable bonds is 9. The van der Waals surface area contributed by atoms with E-state index in [1.165, 1.54) is 12.8 Å². The Labute approximate surface area is 132 Å². The van der Waals surface area contributed by atoms with E-state index in [-0.39, 0.29) is 18.3 Å². The van der Waals surface area contributed by atoms with Gasteiger partial charge in [0, 0.05) is 25.1 Å². The Balaban J connectivity index is 1.84. The number of carbonyl (C=O) groups is 2. The molecule has 0 spiro atoms. The summed E-state index contributed by atoms with van der Waals surface area (Å²) in [6.45, 7) is 5.64. The third-order valence-electron chi connectivity index (χ3n) is 3.88. The van der Waals surface area contributed by atoms with Gasteiger partial charge in [-0.15, -0.1) is 0 Å². The van der Waals surface area contributed by atoms with Gasteiger partial charge < -0.3 is 9.64 Å². The Morgan fingerprint density at radius 1 is 1.18 bits per heavy atom. The highest BCUT2D eigenvalue weighted by atomic mass is 16.5. The lowest BCUT2D eigenvalue weighted by Gasteiger charge is -2.22. The molecule has 0 N–H and O–H groups in total. The van der Waals surface area contributed by atoms with Crippen LogP contribution in [-0.2, 0) is 4.79 Å². The normalized spacial score (nSPS) is 13.7. The fourth-order valence-electron chi connectivity index (χ4n) is 2.38. The van der Waals surface area contributed by atoms with Gasteiger partial charge in [-0.1, -0.05) is 13.8 Å². The molecule has 4 nitrogen and oxygen atoms in total.